The van der Waals surface area contributed by atoms with Gasteiger partial charge >= 0.3 is 5.97 Å². The average molecular weight is 234 g/mol. The lowest BCUT2D eigenvalue weighted by Crippen LogP contribution is -1.99. The van der Waals surface area contributed by atoms with Gasteiger partial charge in [0.1, 0.15) is 6.61 Å². The van der Waals surface area contributed by atoms with E-state index in [9.17, 15) is 9.90 Å². The molecular formula is C13H14O4. The van der Waals surface area contributed by atoms with Gasteiger partial charge < -0.3 is 14.6 Å². The summed E-state index contributed by atoms with van der Waals surface area (Å²) >= 11 is 0. The van der Waals surface area contributed by atoms with Gasteiger partial charge in [0.05, 0.1) is 7.11 Å². The molecule has 0 amide bonds. The third kappa shape index (κ3) is 4.03. The Morgan fingerprint density at radius 1 is 1.53 bits per heavy atom. The summed E-state index contributed by atoms with van der Waals surface area (Å²) in [5, 5.41) is 9.51. The standard InChI is InChI=1S/C13H14O4/c1-3-8-17-13(15)7-5-10-4-6-12(16-2)11(14)9-10/h3-7,9,14H,1,8H2,2H3. The van der Waals surface area contributed by atoms with Crippen LogP contribution in [-0.4, -0.2) is 24.8 Å². The summed E-state index contributed by atoms with van der Waals surface area (Å²) in [6.07, 6.45) is 4.32. The molecule has 0 aromatic heterocycles. The van der Waals surface area contributed by atoms with Gasteiger partial charge in [-0.25, -0.2) is 4.79 Å². The maximum absolute atomic E-state index is 11.1. The van der Waals surface area contributed by atoms with Gasteiger partial charge in [0, 0.05) is 6.08 Å². The van der Waals surface area contributed by atoms with Crippen molar-refractivity contribution in [2.75, 3.05) is 13.7 Å². The molecule has 1 N–H and O–H groups in total. The average Bonchev–Trinajstić information content (AvgIpc) is 2.34. The molecule has 17 heavy (non-hydrogen) atoms. The summed E-state index contributed by atoms with van der Waals surface area (Å²) in [5.74, 6) is -0.0503. The Bertz CT molecular complexity index is 435. The fraction of sp³-hybridized carbons (Fsp3) is 0.154. The zero-order chi connectivity index (χ0) is 12.7. The quantitative estimate of drug-likeness (QED) is 0.482. The van der Waals surface area contributed by atoms with Crippen LogP contribution in [0, 0.1) is 0 Å². The van der Waals surface area contributed by atoms with E-state index < -0.39 is 5.97 Å². The summed E-state index contributed by atoms with van der Waals surface area (Å²) in [6.45, 7) is 3.61. The second-order valence-electron chi connectivity index (χ2n) is 3.18. The number of phenols is 1. The van der Waals surface area contributed by atoms with Crippen LogP contribution in [0.1, 0.15) is 5.56 Å². The van der Waals surface area contributed by atoms with Crippen LogP contribution in [0.3, 0.4) is 0 Å². The number of hydrogen-bond acceptors (Lipinski definition) is 4. The largest absolute Gasteiger partial charge is 0.504 e. The Balaban J connectivity index is 2.68. The van der Waals surface area contributed by atoms with Gasteiger partial charge in [0.15, 0.2) is 11.5 Å². The van der Waals surface area contributed by atoms with Crippen molar-refractivity contribution in [3.63, 3.8) is 0 Å². The molecule has 0 spiro atoms. The van der Waals surface area contributed by atoms with Crippen LogP contribution in [0.5, 0.6) is 11.5 Å². The number of esters is 1. The fourth-order valence-electron chi connectivity index (χ4n) is 1.16. The maximum atomic E-state index is 11.1. The lowest BCUT2D eigenvalue weighted by molar-refractivity contribution is -0.136. The molecule has 1 rings (SSSR count). The number of rotatable bonds is 5. The Hall–Kier alpha value is -2.23. The number of phenolic OH excluding ortho intramolecular Hbond substituents is 1. The van der Waals surface area contributed by atoms with E-state index in [-0.39, 0.29) is 12.4 Å². The van der Waals surface area contributed by atoms with Crippen molar-refractivity contribution in [3.8, 4) is 11.5 Å². The predicted octanol–water partition coefficient (Wildman–Crippen LogP) is 2.14. The predicted molar refractivity (Wildman–Crippen MR) is 64.8 cm³/mol. The molecule has 4 heteroatoms. The van der Waals surface area contributed by atoms with Gasteiger partial charge in [-0.05, 0) is 23.8 Å². The zero-order valence-corrected chi connectivity index (χ0v) is 9.55. The minimum Gasteiger partial charge on any atom is -0.504 e. The first-order valence-corrected chi connectivity index (χ1v) is 5.00. The Morgan fingerprint density at radius 2 is 2.29 bits per heavy atom. The monoisotopic (exact) mass is 234 g/mol. The molecule has 0 atom stereocenters. The van der Waals surface area contributed by atoms with Crippen LogP contribution >= 0.6 is 0 Å². The molecule has 1 aromatic carbocycles. The molecule has 0 aliphatic carbocycles. The molecule has 0 saturated heterocycles. The number of hydrogen-bond donors (Lipinski definition) is 1. The number of carbonyl (C=O) groups is 1. The second kappa shape index (κ2) is 6.37. The summed E-state index contributed by atoms with van der Waals surface area (Å²) in [4.78, 5) is 11.1. The molecule has 0 aliphatic heterocycles. The van der Waals surface area contributed by atoms with Crippen LogP contribution in [0.2, 0.25) is 0 Å². The Kier molecular flexibility index (Phi) is 4.81. The molecular weight excluding hydrogens is 220 g/mol. The van der Waals surface area contributed by atoms with E-state index in [1.54, 1.807) is 18.2 Å². The van der Waals surface area contributed by atoms with Crippen molar-refractivity contribution in [2.45, 2.75) is 0 Å². The Labute approximate surface area is 99.8 Å². The molecule has 90 valence electrons. The number of aromatic hydroxyl groups is 1. The van der Waals surface area contributed by atoms with E-state index in [4.69, 9.17) is 9.47 Å². The number of ether oxygens (including phenoxy) is 2. The molecule has 0 heterocycles. The number of benzene rings is 1. The summed E-state index contributed by atoms with van der Waals surface area (Å²) in [6, 6.07) is 4.83. The first kappa shape index (κ1) is 12.8. The van der Waals surface area contributed by atoms with Crippen LogP contribution in [0.15, 0.2) is 36.9 Å². The van der Waals surface area contributed by atoms with E-state index in [1.165, 1.54) is 25.3 Å². The van der Waals surface area contributed by atoms with Gasteiger partial charge in [-0.3, -0.25) is 0 Å². The van der Waals surface area contributed by atoms with Gasteiger partial charge in [0.2, 0.25) is 0 Å². The normalized spacial score (nSPS) is 10.2. The van der Waals surface area contributed by atoms with Gasteiger partial charge in [-0.1, -0.05) is 18.7 Å². The minimum absolute atomic E-state index is 0.0223. The molecule has 1 aromatic rings. The van der Waals surface area contributed by atoms with Crippen molar-refractivity contribution < 1.29 is 19.4 Å². The third-order valence-corrected chi connectivity index (χ3v) is 1.96. The Morgan fingerprint density at radius 3 is 2.88 bits per heavy atom. The van der Waals surface area contributed by atoms with Crippen molar-refractivity contribution in [3.05, 3.63) is 42.5 Å². The lowest BCUT2D eigenvalue weighted by atomic mass is 10.2. The van der Waals surface area contributed by atoms with Crippen LogP contribution < -0.4 is 4.74 Å². The maximum Gasteiger partial charge on any atom is 0.331 e. The number of methoxy groups -OCH3 is 1. The first-order valence-electron chi connectivity index (χ1n) is 5.00. The summed E-state index contributed by atoms with van der Waals surface area (Å²) in [7, 11) is 1.47. The summed E-state index contributed by atoms with van der Waals surface area (Å²) < 4.78 is 9.66. The highest BCUT2D eigenvalue weighted by molar-refractivity contribution is 5.87. The van der Waals surface area contributed by atoms with Crippen molar-refractivity contribution >= 4 is 12.0 Å². The van der Waals surface area contributed by atoms with Crippen molar-refractivity contribution in [2.24, 2.45) is 0 Å². The topological polar surface area (TPSA) is 55.8 Å². The molecule has 0 saturated carbocycles. The highest BCUT2D eigenvalue weighted by Gasteiger charge is 2.01. The van der Waals surface area contributed by atoms with Crippen molar-refractivity contribution in [1.29, 1.82) is 0 Å². The second-order valence-corrected chi connectivity index (χ2v) is 3.18. The molecule has 0 unspecified atom stereocenters. The molecule has 0 fully saturated rings. The van der Waals surface area contributed by atoms with E-state index in [0.717, 1.165) is 0 Å². The molecule has 0 radical (unpaired) electrons. The fourth-order valence-corrected chi connectivity index (χ4v) is 1.16. The van der Waals surface area contributed by atoms with E-state index in [0.29, 0.717) is 11.3 Å². The highest BCUT2D eigenvalue weighted by atomic mass is 16.5. The van der Waals surface area contributed by atoms with Gasteiger partial charge in [-0.15, -0.1) is 0 Å². The highest BCUT2D eigenvalue weighted by Crippen LogP contribution is 2.26. The van der Waals surface area contributed by atoms with Gasteiger partial charge in [-0.2, -0.15) is 0 Å². The van der Waals surface area contributed by atoms with E-state index in [2.05, 4.69) is 6.58 Å². The molecule has 0 bridgehead atoms. The zero-order valence-electron chi connectivity index (χ0n) is 9.55. The van der Waals surface area contributed by atoms with Crippen molar-refractivity contribution in [1.82, 2.24) is 0 Å². The number of carbonyl (C=O) groups excluding carboxylic acids is 1. The molecule has 4 nitrogen and oxygen atoms in total. The molecule has 0 aliphatic rings. The minimum atomic E-state index is -0.458. The van der Waals surface area contributed by atoms with Crippen LogP contribution in [0.4, 0.5) is 0 Å². The van der Waals surface area contributed by atoms with Crippen LogP contribution in [-0.2, 0) is 9.53 Å². The third-order valence-electron chi connectivity index (χ3n) is 1.96. The van der Waals surface area contributed by atoms with E-state index >= 15 is 0 Å². The van der Waals surface area contributed by atoms with E-state index in [1.807, 2.05) is 0 Å². The van der Waals surface area contributed by atoms with Gasteiger partial charge in [0.25, 0.3) is 0 Å². The first-order chi connectivity index (χ1) is 8.17. The van der Waals surface area contributed by atoms with Crippen LogP contribution in [0.25, 0.3) is 6.08 Å². The smallest absolute Gasteiger partial charge is 0.331 e. The summed E-state index contributed by atoms with van der Waals surface area (Å²) in [5.41, 5.74) is 0.679. The lowest BCUT2D eigenvalue weighted by Gasteiger charge is -2.03. The SMILES string of the molecule is C=CCOC(=O)C=Cc1ccc(OC)c(O)c1.